The summed E-state index contributed by atoms with van der Waals surface area (Å²) in [5, 5.41) is 0. The van der Waals surface area contributed by atoms with Gasteiger partial charge in [0.1, 0.15) is 0 Å². The van der Waals surface area contributed by atoms with Crippen LogP contribution < -0.4 is 0 Å². The van der Waals surface area contributed by atoms with Crippen molar-refractivity contribution >= 4 is 0 Å². The average molecular weight is 152 g/mol. The van der Waals surface area contributed by atoms with Gasteiger partial charge in [-0.05, 0) is 25.7 Å². The summed E-state index contributed by atoms with van der Waals surface area (Å²) in [7, 11) is 0. The van der Waals surface area contributed by atoms with Gasteiger partial charge >= 0.3 is 0 Å². The van der Waals surface area contributed by atoms with Crippen molar-refractivity contribution in [1.82, 2.24) is 0 Å². The molecule has 0 aromatic heterocycles. The Morgan fingerprint density at radius 3 is 2.91 bits per heavy atom. The molecule has 0 saturated carbocycles. The van der Waals surface area contributed by atoms with Gasteiger partial charge in [-0.25, -0.2) is 0 Å². The van der Waals surface area contributed by atoms with Gasteiger partial charge in [0.2, 0.25) is 0 Å². The summed E-state index contributed by atoms with van der Waals surface area (Å²) in [5.74, 6) is 0.712. The maximum atomic E-state index is 5.59. The van der Waals surface area contributed by atoms with Gasteiger partial charge in [0.05, 0.1) is 11.7 Å². The minimum Gasteiger partial charge on any atom is -0.366 e. The van der Waals surface area contributed by atoms with Crippen LogP contribution in [0.5, 0.6) is 0 Å². The van der Waals surface area contributed by atoms with Gasteiger partial charge in [0.15, 0.2) is 0 Å². The molecule has 2 aliphatic rings. The van der Waals surface area contributed by atoms with Crippen LogP contribution in [0, 0.1) is 5.92 Å². The van der Waals surface area contributed by atoms with Crippen LogP contribution in [0.3, 0.4) is 0 Å². The topological polar surface area (TPSA) is 12.5 Å². The average Bonchev–Trinajstić information content (AvgIpc) is 2.58. The van der Waals surface area contributed by atoms with Gasteiger partial charge in [-0.15, -0.1) is 0 Å². The van der Waals surface area contributed by atoms with E-state index in [0.29, 0.717) is 12.0 Å². The number of hydrogen-bond donors (Lipinski definition) is 0. The molecule has 62 valence electrons. The highest BCUT2D eigenvalue weighted by Gasteiger charge is 2.53. The second-order valence-electron chi connectivity index (χ2n) is 4.26. The molecule has 1 fully saturated rings. The molecular weight excluding hydrogens is 136 g/mol. The highest BCUT2D eigenvalue weighted by Crippen LogP contribution is 2.47. The number of ether oxygens (including phenoxy) is 1. The Morgan fingerprint density at radius 1 is 1.64 bits per heavy atom. The Bertz CT molecular complexity index is 205. The minimum absolute atomic E-state index is 0.235. The summed E-state index contributed by atoms with van der Waals surface area (Å²) in [6.07, 6.45) is 5.22. The fourth-order valence-corrected chi connectivity index (χ4v) is 1.83. The number of epoxide rings is 1. The minimum atomic E-state index is 0.235. The Morgan fingerprint density at radius 2 is 2.36 bits per heavy atom. The Balaban J connectivity index is 2.07. The maximum Gasteiger partial charge on any atom is 0.0958 e. The van der Waals surface area contributed by atoms with E-state index in [1.807, 2.05) is 0 Å². The number of rotatable bonds is 1. The Kier molecular flexibility index (Phi) is 1.40. The summed E-state index contributed by atoms with van der Waals surface area (Å²) in [5.41, 5.74) is 1.82. The highest BCUT2D eigenvalue weighted by atomic mass is 16.6. The summed E-state index contributed by atoms with van der Waals surface area (Å²) < 4.78 is 5.59. The van der Waals surface area contributed by atoms with Crippen LogP contribution in [-0.2, 0) is 4.74 Å². The first-order valence-electron chi connectivity index (χ1n) is 4.48. The van der Waals surface area contributed by atoms with Gasteiger partial charge in [0.25, 0.3) is 0 Å². The second kappa shape index (κ2) is 2.10. The van der Waals surface area contributed by atoms with Crippen molar-refractivity contribution in [3.8, 4) is 0 Å². The summed E-state index contributed by atoms with van der Waals surface area (Å²) in [6.45, 7) is 6.74. The molecule has 11 heavy (non-hydrogen) atoms. The molecule has 1 aliphatic carbocycles. The molecule has 0 aromatic rings. The van der Waals surface area contributed by atoms with Crippen LogP contribution in [0.25, 0.3) is 0 Å². The SMILES string of the molecule is CC(C)C1=CC[C@@]2(C)O[C@H]2C1. The molecule has 1 heteroatoms. The second-order valence-corrected chi connectivity index (χ2v) is 4.26. The third-order valence-corrected chi connectivity index (χ3v) is 2.97. The van der Waals surface area contributed by atoms with Crippen LogP contribution in [0.4, 0.5) is 0 Å². The van der Waals surface area contributed by atoms with Crippen LogP contribution in [0.15, 0.2) is 11.6 Å². The molecule has 0 radical (unpaired) electrons. The van der Waals surface area contributed by atoms with Crippen molar-refractivity contribution < 1.29 is 4.74 Å². The van der Waals surface area contributed by atoms with E-state index in [1.54, 1.807) is 5.57 Å². The Hall–Kier alpha value is -0.300. The summed E-state index contributed by atoms with van der Waals surface area (Å²) >= 11 is 0. The van der Waals surface area contributed by atoms with Crippen molar-refractivity contribution in [3.05, 3.63) is 11.6 Å². The van der Waals surface area contributed by atoms with Crippen molar-refractivity contribution in [2.45, 2.75) is 45.3 Å². The molecule has 1 saturated heterocycles. The van der Waals surface area contributed by atoms with Gasteiger partial charge in [-0.3, -0.25) is 0 Å². The van der Waals surface area contributed by atoms with Crippen LogP contribution in [0.2, 0.25) is 0 Å². The number of hydrogen-bond acceptors (Lipinski definition) is 1. The molecule has 0 aromatic carbocycles. The quantitative estimate of drug-likeness (QED) is 0.415. The Labute approximate surface area is 68.4 Å². The lowest BCUT2D eigenvalue weighted by Gasteiger charge is -2.16. The third-order valence-electron chi connectivity index (χ3n) is 2.97. The van der Waals surface area contributed by atoms with Crippen molar-refractivity contribution in [3.63, 3.8) is 0 Å². The zero-order valence-electron chi connectivity index (χ0n) is 7.55. The first-order valence-corrected chi connectivity index (χ1v) is 4.48. The van der Waals surface area contributed by atoms with E-state index < -0.39 is 0 Å². The van der Waals surface area contributed by atoms with Gasteiger partial charge in [-0.1, -0.05) is 25.5 Å². The van der Waals surface area contributed by atoms with Crippen LogP contribution in [-0.4, -0.2) is 11.7 Å². The lowest BCUT2D eigenvalue weighted by molar-refractivity contribution is 0.313. The molecule has 2 rings (SSSR count). The molecule has 1 heterocycles. The fraction of sp³-hybridized carbons (Fsp3) is 0.800. The maximum absolute atomic E-state index is 5.59. The van der Waals surface area contributed by atoms with E-state index in [9.17, 15) is 0 Å². The van der Waals surface area contributed by atoms with E-state index in [4.69, 9.17) is 4.74 Å². The lowest BCUT2D eigenvalue weighted by atomic mass is 9.86. The van der Waals surface area contributed by atoms with E-state index in [2.05, 4.69) is 26.8 Å². The first-order chi connectivity index (χ1) is 5.12. The molecular formula is C10H16O. The van der Waals surface area contributed by atoms with Crippen LogP contribution in [0.1, 0.15) is 33.6 Å². The standard InChI is InChI=1S/C10H16O/c1-7(2)8-4-5-10(3)9(6-8)11-10/h4,7,9H,5-6H2,1-3H3/t9-,10+/m0/s1. The molecule has 2 atom stereocenters. The predicted octanol–water partition coefficient (Wildman–Crippen LogP) is 2.52. The van der Waals surface area contributed by atoms with Crippen molar-refractivity contribution in [1.29, 1.82) is 0 Å². The van der Waals surface area contributed by atoms with Gasteiger partial charge in [0, 0.05) is 0 Å². The predicted molar refractivity (Wildman–Crippen MR) is 45.4 cm³/mol. The largest absolute Gasteiger partial charge is 0.366 e. The van der Waals surface area contributed by atoms with E-state index in [1.165, 1.54) is 6.42 Å². The molecule has 0 amide bonds. The normalized spacial score (nSPS) is 41.8. The molecule has 0 spiro atoms. The zero-order chi connectivity index (χ0) is 8.06. The molecule has 1 aliphatic heterocycles. The first kappa shape index (κ1) is 7.35. The van der Waals surface area contributed by atoms with Crippen LogP contribution >= 0.6 is 0 Å². The van der Waals surface area contributed by atoms with E-state index >= 15 is 0 Å². The van der Waals surface area contributed by atoms with Gasteiger partial charge < -0.3 is 4.74 Å². The molecule has 0 unspecified atom stereocenters. The van der Waals surface area contributed by atoms with E-state index in [-0.39, 0.29) is 5.60 Å². The van der Waals surface area contributed by atoms with Gasteiger partial charge in [-0.2, -0.15) is 0 Å². The van der Waals surface area contributed by atoms with E-state index in [0.717, 1.165) is 6.42 Å². The monoisotopic (exact) mass is 152 g/mol. The summed E-state index contributed by atoms with van der Waals surface area (Å²) in [6, 6.07) is 0. The number of fused-ring (bicyclic) bond motifs is 1. The van der Waals surface area contributed by atoms with Crippen molar-refractivity contribution in [2.24, 2.45) is 5.92 Å². The lowest BCUT2D eigenvalue weighted by Crippen LogP contribution is -2.15. The third kappa shape index (κ3) is 1.12. The molecule has 1 nitrogen and oxygen atoms in total. The molecule has 0 bridgehead atoms. The summed E-state index contributed by atoms with van der Waals surface area (Å²) in [4.78, 5) is 0. The zero-order valence-corrected chi connectivity index (χ0v) is 7.55. The fourth-order valence-electron chi connectivity index (χ4n) is 1.83. The smallest absolute Gasteiger partial charge is 0.0958 e. The highest BCUT2D eigenvalue weighted by molar-refractivity contribution is 5.21. The van der Waals surface area contributed by atoms with Crippen molar-refractivity contribution in [2.75, 3.05) is 0 Å². The molecule has 0 N–H and O–H groups in total.